The zero-order valence-corrected chi connectivity index (χ0v) is 10.8. The molecule has 2 heteroatoms. The Kier molecular flexibility index (Phi) is 5.68. The summed E-state index contributed by atoms with van der Waals surface area (Å²) < 4.78 is 0. The average Bonchev–Trinajstić information content (AvgIpc) is 2.10. The minimum absolute atomic E-state index is 0.362. The van der Waals surface area contributed by atoms with Gasteiger partial charge < -0.3 is 10.6 Å². The third-order valence-corrected chi connectivity index (χ3v) is 3.29. The fourth-order valence-corrected chi connectivity index (χ4v) is 1.40. The van der Waals surface area contributed by atoms with E-state index in [-0.39, 0.29) is 0 Å². The van der Waals surface area contributed by atoms with E-state index in [1.807, 2.05) is 0 Å². The Bertz CT molecular complexity index is 149. The maximum atomic E-state index is 5.60. The summed E-state index contributed by atoms with van der Waals surface area (Å²) in [6.45, 7) is 13.3. The summed E-state index contributed by atoms with van der Waals surface area (Å²) in [6, 6.07) is 0.618. The molecule has 0 saturated carbocycles. The molecule has 2 nitrogen and oxygen atoms in total. The Balaban J connectivity index is 3.90. The molecule has 0 rings (SSSR count). The highest BCUT2D eigenvalue weighted by molar-refractivity contribution is 4.77. The van der Waals surface area contributed by atoms with Crippen molar-refractivity contribution in [3.63, 3.8) is 0 Å². The van der Waals surface area contributed by atoms with Gasteiger partial charge in [-0.3, -0.25) is 0 Å². The summed E-state index contributed by atoms with van der Waals surface area (Å²) in [6.07, 6.45) is 1.20. The molecule has 0 amide bonds. The van der Waals surface area contributed by atoms with Crippen LogP contribution in [-0.2, 0) is 0 Å². The van der Waals surface area contributed by atoms with Crippen molar-refractivity contribution in [3.8, 4) is 0 Å². The summed E-state index contributed by atoms with van der Waals surface area (Å²) in [4.78, 5) is 2.44. The molecule has 0 bridgehead atoms. The molecule has 0 saturated heterocycles. The second-order valence-corrected chi connectivity index (χ2v) is 5.65. The van der Waals surface area contributed by atoms with Crippen LogP contribution in [0.2, 0.25) is 0 Å². The summed E-state index contributed by atoms with van der Waals surface area (Å²) in [5.74, 6) is 0.643. The number of rotatable bonds is 5. The van der Waals surface area contributed by atoms with Gasteiger partial charge in [0, 0.05) is 6.04 Å². The summed E-state index contributed by atoms with van der Waals surface area (Å²) in [5, 5.41) is 0. The van der Waals surface area contributed by atoms with Crippen molar-refractivity contribution in [3.05, 3.63) is 0 Å². The third kappa shape index (κ3) is 4.97. The first kappa shape index (κ1) is 13.9. The molecule has 86 valence electrons. The highest BCUT2D eigenvalue weighted by Gasteiger charge is 2.23. The molecule has 0 aliphatic heterocycles. The van der Waals surface area contributed by atoms with Crippen molar-refractivity contribution in [1.29, 1.82) is 0 Å². The van der Waals surface area contributed by atoms with Crippen molar-refractivity contribution in [2.75, 3.05) is 20.1 Å². The third-order valence-electron chi connectivity index (χ3n) is 3.29. The van der Waals surface area contributed by atoms with Crippen LogP contribution >= 0.6 is 0 Å². The summed E-state index contributed by atoms with van der Waals surface area (Å²) in [5.41, 5.74) is 5.96. The highest BCUT2D eigenvalue weighted by Crippen LogP contribution is 2.23. The molecule has 0 aromatic rings. The molecule has 2 unspecified atom stereocenters. The van der Waals surface area contributed by atoms with Gasteiger partial charge in [0.25, 0.3) is 0 Å². The fourth-order valence-electron chi connectivity index (χ4n) is 1.40. The Morgan fingerprint density at radius 3 is 2.07 bits per heavy atom. The topological polar surface area (TPSA) is 29.3 Å². The van der Waals surface area contributed by atoms with Crippen LogP contribution in [0.4, 0.5) is 0 Å². The molecule has 0 aromatic heterocycles. The number of nitrogens with two attached hydrogens (primary N) is 1. The first-order valence-electron chi connectivity index (χ1n) is 5.69. The van der Waals surface area contributed by atoms with Crippen molar-refractivity contribution >= 4 is 0 Å². The Labute approximate surface area is 89.9 Å². The van der Waals surface area contributed by atoms with Gasteiger partial charge in [0.15, 0.2) is 0 Å². The molecule has 0 spiro atoms. The average molecular weight is 200 g/mol. The van der Waals surface area contributed by atoms with E-state index in [1.54, 1.807) is 0 Å². The van der Waals surface area contributed by atoms with Crippen LogP contribution < -0.4 is 5.73 Å². The maximum Gasteiger partial charge on any atom is 0.0112 e. The van der Waals surface area contributed by atoms with Gasteiger partial charge in [-0.05, 0) is 44.8 Å². The van der Waals surface area contributed by atoms with E-state index in [4.69, 9.17) is 5.73 Å². The van der Waals surface area contributed by atoms with Crippen molar-refractivity contribution in [2.24, 2.45) is 17.1 Å². The van der Waals surface area contributed by atoms with Gasteiger partial charge in [0.2, 0.25) is 0 Å². The monoisotopic (exact) mass is 200 g/mol. The van der Waals surface area contributed by atoms with E-state index in [9.17, 15) is 0 Å². The minimum atomic E-state index is 0.362. The molecule has 0 radical (unpaired) electrons. The van der Waals surface area contributed by atoms with Crippen molar-refractivity contribution < 1.29 is 0 Å². The van der Waals surface area contributed by atoms with Crippen LogP contribution in [0.1, 0.15) is 41.0 Å². The quantitative estimate of drug-likeness (QED) is 0.738. The van der Waals surface area contributed by atoms with Crippen LogP contribution in [0.3, 0.4) is 0 Å². The first-order chi connectivity index (χ1) is 6.29. The Morgan fingerprint density at radius 1 is 1.21 bits per heavy atom. The molecule has 14 heavy (non-hydrogen) atoms. The van der Waals surface area contributed by atoms with Gasteiger partial charge in [0.05, 0.1) is 0 Å². The Hall–Kier alpha value is -0.0800. The van der Waals surface area contributed by atoms with Crippen LogP contribution in [0, 0.1) is 11.3 Å². The van der Waals surface area contributed by atoms with Gasteiger partial charge in [-0.25, -0.2) is 0 Å². The zero-order chi connectivity index (χ0) is 11.4. The predicted octanol–water partition coefficient (Wildman–Crippen LogP) is 2.34. The lowest BCUT2D eigenvalue weighted by atomic mass is 9.87. The maximum absolute atomic E-state index is 5.60. The lowest BCUT2D eigenvalue weighted by molar-refractivity contribution is 0.135. The lowest BCUT2D eigenvalue weighted by Crippen LogP contribution is -2.40. The molecule has 0 fully saturated rings. The normalized spacial score (nSPS) is 17.1. The van der Waals surface area contributed by atoms with Crippen LogP contribution in [0.5, 0.6) is 0 Å². The first-order valence-corrected chi connectivity index (χ1v) is 5.69. The van der Waals surface area contributed by atoms with Gasteiger partial charge in [-0.2, -0.15) is 0 Å². The van der Waals surface area contributed by atoms with Crippen molar-refractivity contribution in [2.45, 2.75) is 47.1 Å². The van der Waals surface area contributed by atoms with Gasteiger partial charge in [-0.1, -0.05) is 27.7 Å². The van der Waals surface area contributed by atoms with Crippen LogP contribution in [0.25, 0.3) is 0 Å². The van der Waals surface area contributed by atoms with E-state index in [1.165, 1.54) is 6.42 Å². The molecule has 0 aliphatic carbocycles. The molecular weight excluding hydrogens is 172 g/mol. The Morgan fingerprint density at radius 2 is 1.71 bits per heavy atom. The van der Waals surface area contributed by atoms with E-state index >= 15 is 0 Å². The number of nitrogens with zero attached hydrogens (tertiary/aromatic N) is 1. The van der Waals surface area contributed by atoms with Crippen LogP contribution in [0.15, 0.2) is 0 Å². The lowest BCUT2D eigenvalue weighted by Gasteiger charge is -2.35. The fraction of sp³-hybridized carbons (Fsp3) is 1.00. The minimum Gasteiger partial charge on any atom is -0.330 e. The second-order valence-electron chi connectivity index (χ2n) is 5.65. The van der Waals surface area contributed by atoms with E-state index < -0.39 is 0 Å². The van der Waals surface area contributed by atoms with Crippen molar-refractivity contribution in [1.82, 2.24) is 4.90 Å². The van der Waals surface area contributed by atoms with E-state index in [2.05, 4.69) is 46.6 Å². The van der Waals surface area contributed by atoms with Gasteiger partial charge in [-0.15, -0.1) is 0 Å². The highest BCUT2D eigenvalue weighted by atomic mass is 15.1. The van der Waals surface area contributed by atoms with E-state index in [0.717, 1.165) is 13.1 Å². The molecule has 2 N–H and O–H groups in total. The van der Waals surface area contributed by atoms with Gasteiger partial charge in [0.1, 0.15) is 0 Å². The molecular formula is C12H28N2. The predicted molar refractivity (Wildman–Crippen MR) is 64.4 cm³/mol. The van der Waals surface area contributed by atoms with Gasteiger partial charge >= 0.3 is 0 Å². The SMILES string of the molecule is CC(CN)CCN(C)C(C)C(C)(C)C. The second kappa shape index (κ2) is 5.72. The summed E-state index contributed by atoms with van der Waals surface area (Å²) >= 11 is 0. The van der Waals surface area contributed by atoms with Crippen LogP contribution in [-0.4, -0.2) is 31.1 Å². The molecule has 2 atom stereocenters. The zero-order valence-electron chi connectivity index (χ0n) is 10.8. The standard InChI is InChI=1S/C12H28N2/c1-10(9-13)7-8-14(6)11(2)12(3,4)5/h10-11H,7-9,13H2,1-6H3. The number of hydrogen-bond donors (Lipinski definition) is 1. The summed E-state index contributed by atoms with van der Waals surface area (Å²) in [7, 11) is 2.21. The number of hydrogen-bond acceptors (Lipinski definition) is 2. The molecule has 0 heterocycles. The molecule has 0 aromatic carbocycles. The largest absolute Gasteiger partial charge is 0.330 e. The van der Waals surface area contributed by atoms with E-state index in [0.29, 0.717) is 17.4 Å². The smallest absolute Gasteiger partial charge is 0.0112 e. The molecule has 0 aliphatic rings.